The third-order valence-electron chi connectivity index (χ3n) is 7.15. The van der Waals surface area contributed by atoms with Crippen LogP contribution in [0.15, 0.2) is 59.5 Å². The number of fused-ring (bicyclic) bond motifs is 1. The van der Waals surface area contributed by atoms with Gasteiger partial charge in [0, 0.05) is 24.7 Å². The highest BCUT2D eigenvalue weighted by molar-refractivity contribution is 7.89. The van der Waals surface area contributed by atoms with Crippen molar-refractivity contribution in [2.45, 2.75) is 56.1 Å². The van der Waals surface area contributed by atoms with Crippen LogP contribution in [-0.4, -0.2) is 84.7 Å². The van der Waals surface area contributed by atoms with E-state index in [1.54, 1.807) is 0 Å². The van der Waals surface area contributed by atoms with Crippen LogP contribution in [0.1, 0.15) is 25.8 Å². The highest BCUT2D eigenvalue weighted by atomic mass is 32.2. The van der Waals surface area contributed by atoms with E-state index in [0.29, 0.717) is 18.7 Å². The Bertz CT molecular complexity index is 1180. The third-order valence-corrected chi connectivity index (χ3v) is 9.00. The van der Waals surface area contributed by atoms with E-state index < -0.39 is 40.6 Å². The largest absolute Gasteiger partial charge is 0.465 e. The van der Waals surface area contributed by atoms with Crippen LogP contribution in [0.2, 0.25) is 0 Å². The number of aliphatic hydroxyl groups excluding tert-OH is 1. The fourth-order valence-electron chi connectivity index (χ4n) is 5.33. The maximum atomic E-state index is 13.6. The van der Waals surface area contributed by atoms with Gasteiger partial charge in [0.2, 0.25) is 10.0 Å². The maximum absolute atomic E-state index is 13.6. The highest BCUT2D eigenvalue weighted by Crippen LogP contribution is 2.36. The summed E-state index contributed by atoms with van der Waals surface area (Å²) in [4.78, 5) is 14.0. The number of amides is 1. The number of nitrogen functional groups attached to an aromatic ring is 1. The third kappa shape index (κ3) is 6.29. The van der Waals surface area contributed by atoms with Gasteiger partial charge in [0.05, 0.1) is 36.3 Å². The van der Waals surface area contributed by atoms with Gasteiger partial charge in [0.1, 0.15) is 0 Å². The fourth-order valence-corrected chi connectivity index (χ4v) is 6.95. The molecule has 0 spiro atoms. The normalized spacial score (nSPS) is 22.9. The second-order valence-corrected chi connectivity index (χ2v) is 12.3. The van der Waals surface area contributed by atoms with Crippen molar-refractivity contribution < 1.29 is 32.9 Å². The Morgan fingerprint density at radius 1 is 1.08 bits per heavy atom. The molecule has 10 nitrogen and oxygen atoms in total. The summed E-state index contributed by atoms with van der Waals surface area (Å²) in [6.07, 6.45) is -2.11. The lowest BCUT2D eigenvalue weighted by atomic mass is 9.93. The summed E-state index contributed by atoms with van der Waals surface area (Å²) in [5.74, 6) is -0.185. The number of anilines is 1. The van der Waals surface area contributed by atoms with Gasteiger partial charge in [0.25, 0.3) is 0 Å². The van der Waals surface area contributed by atoms with Gasteiger partial charge in [-0.2, -0.15) is 4.31 Å². The van der Waals surface area contributed by atoms with Gasteiger partial charge in [-0.15, -0.1) is 0 Å². The minimum absolute atomic E-state index is 0.0338. The molecule has 2 aromatic carbocycles. The maximum Gasteiger partial charge on any atom is 0.407 e. The second-order valence-electron chi connectivity index (χ2n) is 10.4. The van der Waals surface area contributed by atoms with E-state index in [0.717, 1.165) is 5.56 Å². The molecule has 0 aromatic heterocycles. The van der Waals surface area contributed by atoms with Crippen LogP contribution in [0.5, 0.6) is 0 Å². The zero-order chi connectivity index (χ0) is 27.4. The molecule has 0 radical (unpaired) electrons. The number of carboxylic acid groups (broad SMARTS) is 1. The molecule has 0 aliphatic carbocycles. The monoisotopic (exact) mass is 547 g/mol. The number of aliphatic hydroxyl groups is 1. The van der Waals surface area contributed by atoms with Crippen LogP contribution < -0.4 is 5.73 Å². The van der Waals surface area contributed by atoms with Gasteiger partial charge in [-0.05, 0) is 48.6 Å². The van der Waals surface area contributed by atoms with Crippen LogP contribution in [-0.2, 0) is 25.9 Å². The number of nitrogens with two attached hydrogens (primary N) is 1. The van der Waals surface area contributed by atoms with Crippen LogP contribution in [0, 0.1) is 11.8 Å². The van der Waals surface area contributed by atoms with Crippen LogP contribution >= 0.6 is 0 Å². The molecule has 2 heterocycles. The lowest BCUT2D eigenvalue weighted by molar-refractivity contribution is -0.0906. The number of carbonyl (C=O) groups is 1. The molecule has 2 aliphatic heterocycles. The van der Waals surface area contributed by atoms with E-state index in [2.05, 4.69) is 0 Å². The summed E-state index contributed by atoms with van der Waals surface area (Å²) in [5.41, 5.74) is 7.02. The first-order valence-electron chi connectivity index (χ1n) is 12.9. The minimum Gasteiger partial charge on any atom is -0.465 e. The van der Waals surface area contributed by atoms with Crippen molar-refractivity contribution >= 4 is 21.8 Å². The summed E-state index contributed by atoms with van der Waals surface area (Å²) in [6.45, 7) is 4.29. The van der Waals surface area contributed by atoms with Gasteiger partial charge in [-0.3, -0.25) is 4.90 Å². The van der Waals surface area contributed by atoms with E-state index in [1.165, 1.54) is 33.5 Å². The standard InChI is InChI=1S/C27H37N3O7S/c1-18(2)15-29(38(34,35)21-10-8-20(28)9-11-21)16-25(31)23(14-19-6-4-3-5-7-19)30(27(32)33)24-17-37-26-22(24)12-13-36-26/h3-11,18,22-26,31H,12-17,28H2,1-2H3,(H,32,33)/t22?,23-,24?,25+,26?/m0/s1. The molecule has 11 heteroatoms. The summed E-state index contributed by atoms with van der Waals surface area (Å²) in [7, 11) is -3.99. The second kappa shape index (κ2) is 12.0. The molecule has 4 N–H and O–H groups in total. The van der Waals surface area contributed by atoms with Crippen molar-refractivity contribution in [3.8, 4) is 0 Å². The molecule has 2 fully saturated rings. The van der Waals surface area contributed by atoms with Gasteiger partial charge in [-0.1, -0.05) is 44.2 Å². The lowest BCUT2D eigenvalue weighted by Gasteiger charge is -2.39. The van der Waals surface area contributed by atoms with Gasteiger partial charge < -0.3 is 25.4 Å². The molecular weight excluding hydrogens is 510 g/mol. The van der Waals surface area contributed by atoms with Gasteiger partial charge >= 0.3 is 6.09 Å². The quantitative estimate of drug-likeness (QED) is 0.365. The lowest BCUT2D eigenvalue weighted by Crippen LogP contribution is -2.57. The number of ether oxygens (including phenoxy) is 2. The van der Waals surface area contributed by atoms with E-state index >= 15 is 0 Å². The number of hydrogen-bond acceptors (Lipinski definition) is 7. The SMILES string of the molecule is CC(C)CN(C[C@@H](O)[C@H](Cc1ccccc1)N(C(=O)O)C1COC2OCCC21)S(=O)(=O)c1ccc(N)cc1. The van der Waals surface area contributed by atoms with Crippen molar-refractivity contribution in [2.75, 3.05) is 32.0 Å². The number of benzene rings is 2. The van der Waals surface area contributed by atoms with Crippen molar-refractivity contribution in [2.24, 2.45) is 11.8 Å². The molecule has 4 rings (SSSR count). The number of rotatable bonds is 11. The molecule has 0 bridgehead atoms. The Balaban J connectivity index is 1.67. The highest BCUT2D eigenvalue weighted by Gasteiger charge is 2.49. The van der Waals surface area contributed by atoms with Crippen molar-refractivity contribution in [3.63, 3.8) is 0 Å². The first kappa shape index (κ1) is 28.3. The molecule has 2 aliphatic rings. The van der Waals surface area contributed by atoms with Crippen LogP contribution in [0.25, 0.3) is 0 Å². The van der Waals surface area contributed by atoms with Crippen LogP contribution in [0.4, 0.5) is 10.5 Å². The zero-order valence-corrected chi connectivity index (χ0v) is 22.5. The minimum atomic E-state index is -3.99. The summed E-state index contributed by atoms with van der Waals surface area (Å²) in [5, 5.41) is 22.0. The van der Waals surface area contributed by atoms with Crippen LogP contribution in [0.3, 0.4) is 0 Å². The molecule has 38 heavy (non-hydrogen) atoms. The van der Waals surface area contributed by atoms with E-state index in [9.17, 15) is 23.4 Å². The summed E-state index contributed by atoms with van der Waals surface area (Å²) >= 11 is 0. The zero-order valence-electron chi connectivity index (χ0n) is 21.7. The van der Waals surface area contributed by atoms with E-state index in [4.69, 9.17) is 15.2 Å². The Hall–Kier alpha value is -2.70. The average molecular weight is 548 g/mol. The number of hydrogen-bond donors (Lipinski definition) is 3. The molecule has 208 valence electrons. The Morgan fingerprint density at radius 2 is 1.76 bits per heavy atom. The Morgan fingerprint density at radius 3 is 2.39 bits per heavy atom. The first-order valence-corrected chi connectivity index (χ1v) is 14.3. The average Bonchev–Trinajstić information content (AvgIpc) is 3.49. The molecule has 2 saturated heterocycles. The smallest absolute Gasteiger partial charge is 0.407 e. The van der Waals surface area contributed by atoms with Gasteiger partial charge in [0.15, 0.2) is 6.29 Å². The molecule has 1 amide bonds. The Kier molecular flexibility index (Phi) is 8.94. The predicted octanol–water partition coefficient (Wildman–Crippen LogP) is 2.63. The fraction of sp³-hybridized carbons (Fsp3) is 0.519. The molecule has 0 saturated carbocycles. The molecule has 2 aromatic rings. The van der Waals surface area contributed by atoms with E-state index in [1.807, 2.05) is 44.2 Å². The number of nitrogens with zero attached hydrogens (tertiary/aromatic N) is 2. The van der Waals surface area contributed by atoms with E-state index in [-0.39, 0.29) is 42.8 Å². The number of sulfonamides is 1. The molecule has 3 unspecified atom stereocenters. The van der Waals surface area contributed by atoms with Gasteiger partial charge in [-0.25, -0.2) is 13.2 Å². The Labute approximate surface area is 224 Å². The summed E-state index contributed by atoms with van der Waals surface area (Å²) < 4.78 is 39.8. The predicted molar refractivity (Wildman–Crippen MR) is 142 cm³/mol. The first-order chi connectivity index (χ1) is 18.1. The van der Waals surface area contributed by atoms with Crippen molar-refractivity contribution in [3.05, 3.63) is 60.2 Å². The van der Waals surface area contributed by atoms with Crippen molar-refractivity contribution in [1.82, 2.24) is 9.21 Å². The molecular formula is C27H37N3O7S. The summed E-state index contributed by atoms with van der Waals surface area (Å²) in [6, 6.07) is 13.8. The topological polar surface area (TPSA) is 143 Å². The van der Waals surface area contributed by atoms with Crippen molar-refractivity contribution in [1.29, 1.82) is 0 Å². The molecule has 5 atom stereocenters.